The molecule has 1 aliphatic heterocycles. The van der Waals surface area contributed by atoms with Crippen LogP contribution in [-0.2, 0) is 14.8 Å². The van der Waals surface area contributed by atoms with Gasteiger partial charge in [-0.1, -0.05) is 12.1 Å². The number of urea groups is 1. The van der Waals surface area contributed by atoms with Crippen molar-refractivity contribution in [2.45, 2.75) is 24.3 Å². The number of anilines is 1. The number of benzene rings is 1. The van der Waals surface area contributed by atoms with Gasteiger partial charge in [-0.3, -0.25) is 5.32 Å². The molecule has 13 heteroatoms. The summed E-state index contributed by atoms with van der Waals surface area (Å²) in [5.41, 5.74) is -0.236. The number of carbonyl (C=O) groups is 1. The summed E-state index contributed by atoms with van der Waals surface area (Å²) in [6, 6.07) is 4.74. The van der Waals surface area contributed by atoms with Gasteiger partial charge in [-0.15, -0.1) is 4.98 Å². The van der Waals surface area contributed by atoms with Gasteiger partial charge in [-0.25, -0.2) is 22.9 Å². The molecule has 0 bridgehead atoms. The van der Waals surface area contributed by atoms with Gasteiger partial charge >= 0.3 is 18.1 Å². The number of amides is 2. The highest BCUT2D eigenvalue weighted by atomic mass is 32.2. The molecule has 12 nitrogen and oxygen atoms in total. The van der Waals surface area contributed by atoms with Crippen LogP contribution in [0.4, 0.5) is 10.7 Å². The van der Waals surface area contributed by atoms with Crippen LogP contribution in [0.1, 0.15) is 19.4 Å². The molecule has 0 saturated carbocycles. The minimum Gasteiger partial charge on any atom is -0.475 e. The van der Waals surface area contributed by atoms with E-state index in [2.05, 4.69) is 25.3 Å². The first-order chi connectivity index (χ1) is 14.1. The Morgan fingerprint density at radius 3 is 2.30 bits per heavy atom. The Morgan fingerprint density at radius 1 is 1.10 bits per heavy atom. The van der Waals surface area contributed by atoms with Crippen LogP contribution < -0.4 is 19.5 Å². The third-order valence-electron chi connectivity index (χ3n) is 3.79. The van der Waals surface area contributed by atoms with Crippen molar-refractivity contribution in [2.75, 3.05) is 26.1 Å². The second-order valence-corrected chi connectivity index (χ2v) is 8.36. The molecule has 0 unspecified atom stereocenters. The third kappa shape index (κ3) is 4.74. The number of methoxy groups -OCH3 is 2. The molecule has 2 heterocycles. The first-order valence-corrected chi connectivity index (χ1v) is 10.1. The number of ether oxygens (including phenoxy) is 3. The van der Waals surface area contributed by atoms with E-state index in [4.69, 9.17) is 14.2 Å². The molecule has 0 spiro atoms. The molecular weight excluding hydrogens is 416 g/mol. The summed E-state index contributed by atoms with van der Waals surface area (Å²) in [5.74, 6) is -0.0711. The standard InChI is InChI=1S/C17H20N6O6S/c1-17(2)9-29-12(22-17)10-7-5-6-8-11(10)30(25,26)23-14(24)18-13-19-15(27-3)21-16(20-13)28-4/h5-8H,9H2,1-4H3,(H2,18,19,20,21,23,24). The topological polar surface area (TPSA) is 154 Å². The lowest BCUT2D eigenvalue weighted by atomic mass is 10.1. The zero-order valence-corrected chi connectivity index (χ0v) is 17.5. The van der Waals surface area contributed by atoms with Crippen LogP contribution in [0.5, 0.6) is 12.0 Å². The van der Waals surface area contributed by atoms with E-state index in [-0.39, 0.29) is 34.3 Å². The maximum atomic E-state index is 12.8. The largest absolute Gasteiger partial charge is 0.475 e. The van der Waals surface area contributed by atoms with Gasteiger partial charge in [0.1, 0.15) is 11.5 Å². The first-order valence-electron chi connectivity index (χ1n) is 8.63. The van der Waals surface area contributed by atoms with E-state index < -0.39 is 21.6 Å². The summed E-state index contributed by atoms with van der Waals surface area (Å²) >= 11 is 0. The average Bonchev–Trinajstić information content (AvgIpc) is 3.06. The van der Waals surface area contributed by atoms with Gasteiger partial charge < -0.3 is 14.2 Å². The van der Waals surface area contributed by atoms with Gasteiger partial charge in [0.25, 0.3) is 10.0 Å². The number of aromatic nitrogens is 3. The van der Waals surface area contributed by atoms with Crippen LogP contribution in [0.3, 0.4) is 0 Å². The van der Waals surface area contributed by atoms with Crippen molar-refractivity contribution in [1.82, 2.24) is 19.7 Å². The minimum absolute atomic E-state index is 0.121. The fourth-order valence-electron chi connectivity index (χ4n) is 2.48. The zero-order valence-electron chi connectivity index (χ0n) is 16.7. The van der Waals surface area contributed by atoms with E-state index in [1.165, 1.54) is 26.4 Å². The Hall–Kier alpha value is -3.48. The fourth-order valence-corrected chi connectivity index (χ4v) is 3.59. The normalized spacial score (nSPS) is 15.0. The van der Waals surface area contributed by atoms with E-state index in [0.717, 1.165) is 0 Å². The lowest BCUT2D eigenvalue weighted by Gasteiger charge is -2.12. The molecule has 0 aliphatic carbocycles. The van der Waals surface area contributed by atoms with Crippen LogP contribution in [0.15, 0.2) is 34.2 Å². The van der Waals surface area contributed by atoms with Crippen LogP contribution in [0.25, 0.3) is 0 Å². The zero-order chi connectivity index (χ0) is 21.9. The summed E-state index contributed by atoms with van der Waals surface area (Å²) in [6.07, 6.45) is 0. The summed E-state index contributed by atoms with van der Waals surface area (Å²) in [6.45, 7) is 4.04. The predicted molar refractivity (Wildman–Crippen MR) is 105 cm³/mol. The highest BCUT2D eigenvalue weighted by molar-refractivity contribution is 7.90. The van der Waals surface area contributed by atoms with Gasteiger partial charge in [-0.2, -0.15) is 9.97 Å². The molecule has 1 aromatic carbocycles. The number of hydrogen-bond acceptors (Lipinski definition) is 10. The number of nitrogens with zero attached hydrogens (tertiary/aromatic N) is 4. The van der Waals surface area contributed by atoms with Gasteiger partial charge in [-0.05, 0) is 26.0 Å². The van der Waals surface area contributed by atoms with Gasteiger partial charge in [0.2, 0.25) is 11.8 Å². The molecule has 30 heavy (non-hydrogen) atoms. The van der Waals surface area contributed by atoms with Gasteiger partial charge in [0, 0.05) is 0 Å². The summed E-state index contributed by atoms with van der Waals surface area (Å²) < 4.78 is 42.9. The highest BCUT2D eigenvalue weighted by Crippen LogP contribution is 2.24. The van der Waals surface area contributed by atoms with E-state index >= 15 is 0 Å². The van der Waals surface area contributed by atoms with Crippen molar-refractivity contribution in [3.63, 3.8) is 0 Å². The van der Waals surface area contributed by atoms with E-state index in [9.17, 15) is 13.2 Å². The van der Waals surface area contributed by atoms with Crippen molar-refractivity contribution in [3.8, 4) is 12.0 Å². The Labute approximate surface area is 172 Å². The number of sulfonamides is 1. The molecule has 160 valence electrons. The Bertz CT molecular complexity index is 1080. The predicted octanol–water partition coefficient (Wildman–Crippen LogP) is 0.955. The van der Waals surface area contributed by atoms with Crippen LogP contribution in [-0.4, -0.2) is 61.7 Å². The molecule has 1 aliphatic rings. The van der Waals surface area contributed by atoms with Crippen LogP contribution in [0.2, 0.25) is 0 Å². The second-order valence-electron chi connectivity index (χ2n) is 6.71. The molecule has 3 rings (SSSR count). The molecule has 2 aromatic rings. The molecule has 2 N–H and O–H groups in total. The first kappa shape index (κ1) is 21.2. The van der Waals surface area contributed by atoms with Crippen molar-refractivity contribution < 1.29 is 27.4 Å². The average molecular weight is 436 g/mol. The SMILES string of the molecule is COc1nc(NC(=O)NS(=O)(=O)c2ccccc2C2=NC(C)(C)CO2)nc(OC)n1. The van der Waals surface area contributed by atoms with Crippen molar-refractivity contribution in [1.29, 1.82) is 0 Å². The number of hydrogen-bond donors (Lipinski definition) is 2. The Morgan fingerprint density at radius 2 is 1.73 bits per heavy atom. The molecule has 0 radical (unpaired) electrons. The number of aliphatic imine (C=N–C) groups is 1. The third-order valence-corrected chi connectivity index (χ3v) is 5.17. The second kappa shape index (κ2) is 8.10. The minimum atomic E-state index is -4.27. The van der Waals surface area contributed by atoms with E-state index in [1.807, 2.05) is 18.6 Å². The van der Waals surface area contributed by atoms with Gasteiger partial charge in [0.05, 0.1) is 25.3 Å². The highest BCUT2D eigenvalue weighted by Gasteiger charge is 2.31. The molecule has 1 aromatic heterocycles. The number of nitrogens with one attached hydrogen (secondary N) is 2. The Balaban J connectivity index is 1.84. The van der Waals surface area contributed by atoms with Crippen molar-refractivity contribution >= 4 is 27.9 Å². The smallest absolute Gasteiger partial charge is 0.335 e. The summed E-state index contributed by atoms with van der Waals surface area (Å²) in [5, 5.41) is 2.21. The van der Waals surface area contributed by atoms with Crippen LogP contribution >= 0.6 is 0 Å². The Kier molecular flexibility index (Phi) is 5.73. The molecule has 0 fully saturated rings. The summed E-state index contributed by atoms with van der Waals surface area (Å²) in [4.78, 5) is 27.9. The van der Waals surface area contributed by atoms with Gasteiger partial charge in [0.15, 0.2) is 0 Å². The lowest BCUT2D eigenvalue weighted by Crippen LogP contribution is -2.35. The maximum Gasteiger partial charge on any atom is 0.335 e. The van der Waals surface area contributed by atoms with Crippen molar-refractivity contribution in [3.05, 3.63) is 29.8 Å². The quantitative estimate of drug-likeness (QED) is 0.673. The summed E-state index contributed by atoms with van der Waals surface area (Å²) in [7, 11) is -1.64. The van der Waals surface area contributed by atoms with E-state index in [1.54, 1.807) is 12.1 Å². The van der Waals surface area contributed by atoms with Crippen LogP contribution in [0, 0.1) is 0 Å². The van der Waals surface area contributed by atoms with Crippen molar-refractivity contribution in [2.24, 2.45) is 4.99 Å². The molecular formula is C17H20N6O6S. The fraction of sp³-hybridized carbons (Fsp3) is 0.353. The molecule has 0 saturated heterocycles. The maximum absolute atomic E-state index is 12.8. The van der Waals surface area contributed by atoms with E-state index in [0.29, 0.717) is 6.61 Å². The number of carbonyl (C=O) groups excluding carboxylic acids is 1. The number of rotatable bonds is 6. The molecule has 2 amide bonds. The monoisotopic (exact) mass is 436 g/mol. The lowest BCUT2D eigenvalue weighted by molar-refractivity contribution is 0.256. The molecule has 0 atom stereocenters.